The summed E-state index contributed by atoms with van der Waals surface area (Å²) in [5, 5.41) is 7.74. The number of likely N-dealkylation sites (tertiary alicyclic amines) is 1. The second-order valence-electron chi connectivity index (χ2n) is 5.81. The Hall–Kier alpha value is -2.54. The number of nitrogens with zero attached hydrogens (tertiary/aromatic N) is 1. The van der Waals surface area contributed by atoms with Crippen LogP contribution in [0.2, 0.25) is 0 Å². The zero-order valence-corrected chi connectivity index (χ0v) is 14.8. The Balaban J connectivity index is 1.59. The van der Waals surface area contributed by atoms with Gasteiger partial charge >= 0.3 is 6.03 Å². The number of carbonyl (C=O) groups is 2. The number of hydrogen-bond donors (Lipinski definition) is 2. The molecule has 25 heavy (non-hydrogen) atoms. The minimum Gasteiger partial charge on any atom is -0.497 e. The Morgan fingerprint density at radius 1 is 1.32 bits per heavy atom. The predicted octanol–water partition coefficient (Wildman–Crippen LogP) is 3.07. The van der Waals surface area contributed by atoms with Crippen LogP contribution < -0.4 is 15.4 Å². The van der Waals surface area contributed by atoms with Gasteiger partial charge in [-0.25, -0.2) is 4.79 Å². The smallest absolute Gasteiger partial charge is 0.322 e. The molecule has 7 heteroatoms. The van der Waals surface area contributed by atoms with Gasteiger partial charge in [-0.1, -0.05) is 12.1 Å². The molecule has 1 aromatic heterocycles. The van der Waals surface area contributed by atoms with Gasteiger partial charge in [-0.2, -0.15) is 0 Å². The first-order chi connectivity index (χ1) is 12.2. The summed E-state index contributed by atoms with van der Waals surface area (Å²) in [6.45, 7) is 1.07. The molecule has 1 aliphatic rings. The minimum absolute atomic E-state index is 0.105. The second-order valence-corrected chi connectivity index (χ2v) is 6.84. The summed E-state index contributed by atoms with van der Waals surface area (Å²) in [6.07, 6.45) is 1.50. The number of urea groups is 1. The first-order valence-corrected chi connectivity index (χ1v) is 9.07. The second kappa shape index (κ2) is 8.02. The van der Waals surface area contributed by atoms with Gasteiger partial charge in [0.2, 0.25) is 5.91 Å². The van der Waals surface area contributed by atoms with Crippen LogP contribution in [0, 0.1) is 0 Å². The molecule has 0 spiro atoms. The summed E-state index contributed by atoms with van der Waals surface area (Å²) in [5.41, 5.74) is 0.647. The Morgan fingerprint density at radius 2 is 2.20 bits per heavy atom. The molecular formula is C18H21N3O3S. The van der Waals surface area contributed by atoms with Gasteiger partial charge in [0.25, 0.3) is 0 Å². The van der Waals surface area contributed by atoms with Crippen molar-refractivity contribution in [2.45, 2.75) is 25.4 Å². The molecule has 3 amide bonds. The van der Waals surface area contributed by atoms with Crippen molar-refractivity contribution in [1.29, 1.82) is 0 Å². The lowest BCUT2D eigenvalue weighted by atomic mass is 10.2. The molecule has 0 aliphatic carbocycles. The lowest BCUT2D eigenvalue weighted by molar-refractivity contribution is -0.124. The maximum Gasteiger partial charge on any atom is 0.322 e. The maximum absolute atomic E-state index is 12.6. The van der Waals surface area contributed by atoms with Gasteiger partial charge in [0.15, 0.2) is 0 Å². The molecule has 2 aromatic rings. The molecule has 0 unspecified atom stereocenters. The van der Waals surface area contributed by atoms with E-state index in [9.17, 15) is 9.59 Å². The number of benzene rings is 1. The number of thiophene rings is 1. The third-order valence-corrected chi connectivity index (χ3v) is 5.03. The summed E-state index contributed by atoms with van der Waals surface area (Å²) in [6, 6.07) is 10.4. The molecule has 0 saturated carbocycles. The van der Waals surface area contributed by atoms with Crippen molar-refractivity contribution < 1.29 is 14.3 Å². The average molecular weight is 359 g/mol. The minimum atomic E-state index is -0.425. The van der Waals surface area contributed by atoms with Crippen molar-refractivity contribution in [3.05, 3.63) is 46.7 Å². The van der Waals surface area contributed by atoms with Crippen molar-refractivity contribution in [3.8, 4) is 5.75 Å². The van der Waals surface area contributed by atoms with Crippen LogP contribution in [-0.2, 0) is 11.3 Å². The van der Waals surface area contributed by atoms with E-state index in [-0.39, 0.29) is 11.9 Å². The molecule has 0 bridgehead atoms. The van der Waals surface area contributed by atoms with Crippen LogP contribution in [0.25, 0.3) is 0 Å². The van der Waals surface area contributed by atoms with Gasteiger partial charge in [-0.3, -0.25) is 4.79 Å². The summed E-state index contributed by atoms with van der Waals surface area (Å²) >= 11 is 1.60. The maximum atomic E-state index is 12.6. The van der Waals surface area contributed by atoms with Crippen molar-refractivity contribution in [2.24, 2.45) is 0 Å². The number of amides is 3. The number of nitrogens with one attached hydrogen (secondary N) is 2. The number of methoxy groups -OCH3 is 1. The van der Waals surface area contributed by atoms with Crippen LogP contribution in [0.3, 0.4) is 0 Å². The molecule has 6 nitrogen and oxygen atoms in total. The lowest BCUT2D eigenvalue weighted by Gasteiger charge is -2.24. The lowest BCUT2D eigenvalue weighted by Crippen LogP contribution is -2.47. The Kier molecular flexibility index (Phi) is 5.55. The van der Waals surface area contributed by atoms with Crippen LogP contribution in [0.5, 0.6) is 5.75 Å². The number of ether oxygens (including phenoxy) is 1. The van der Waals surface area contributed by atoms with E-state index >= 15 is 0 Å². The molecular weight excluding hydrogens is 338 g/mol. The molecule has 132 valence electrons. The van der Waals surface area contributed by atoms with E-state index in [2.05, 4.69) is 10.6 Å². The predicted molar refractivity (Wildman–Crippen MR) is 97.9 cm³/mol. The van der Waals surface area contributed by atoms with E-state index in [1.165, 1.54) is 0 Å². The number of carbonyl (C=O) groups excluding carboxylic acids is 2. The average Bonchev–Trinajstić information content (AvgIpc) is 3.31. The molecule has 1 aliphatic heterocycles. The molecule has 1 aromatic carbocycles. The van der Waals surface area contributed by atoms with Gasteiger partial charge in [0.1, 0.15) is 11.8 Å². The molecule has 1 atom stereocenters. The fraction of sp³-hybridized carbons (Fsp3) is 0.333. The van der Waals surface area contributed by atoms with Gasteiger partial charge in [-0.05, 0) is 36.4 Å². The Labute approximate surface area is 150 Å². The van der Waals surface area contributed by atoms with E-state index in [0.717, 1.165) is 11.3 Å². The fourth-order valence-electron chi connectivity index (χ4n) is 2.88. The van der Waals surface area contributed by atoms with Crippen LogP contribution in [0.1, 0.15) is 17.7 Å². The highest BCUT2D eigenvalue weighted by molar-refractivity contribution is 7.09. The summed E-state index contributed by atoms with van der Waals surface area (Å²) < 4.78 is 5.16. The molecule has 0 radical (unpaired) electrons. The third kappa shape index (κ3) is 4.30. The Morgan fingerprint density at radius 3 is 2.96 bits per heavy atom. The van der Waals surface area contributed by atoms with Crippen LogP contribution in [0.4, 0.5) is 10.5 Å². The topological polar surface area (TPSA) is 70.7 Å². The van der Waals surface area contributed by atoms with Crippen LogP contribution in [-0.4, -0.2) is 36.5 Å². The number of anilines is 1. The van der Waals surface area contributed by atoms with E-state index in [0.29, 0.717) is 30.9 Å². The highest BCUT2D eigenvalue weighted by Crippen LogP contribution is 2.21. The van der Waals surface area contributed by atoms with Crippen molar-refractivity contribution in [2.75, 3.05) is 19.0 Å². The zero-order valence-electron chi connectivity index (χ0n) is 14.0. The highest BCUT2D eigenvalue weighted by atomic mass is 32.1. The number of rotatable bonds is 5. The first kappa shape index (κ1) is 17.3. The first-order valence-electron chi connectivity index (χ1n) is 8.19. The normalized spacial score (nSPS) is 16.5. The standard InChI is InChI=1S/C18H21N3O3S/c1-24-14-6-2-5-13(11-14)20-18(23)21-9-3-8-16(21)17(22)19-12-15-7-4-10-25-15/h2,4-7,10-11,16H,3,8-9,12H2,1H3,(H,19,22)(H,20,23)/t16-/m1/s1. The summed E-state index contributed by atoms with van der Waals surface area (Å²) in [4.78, 5) is 27.7. The molecule has 2 heterocycles. The van der Waals surface area contributed by atoms with Crippen molar-refractivity contribution >= 4 is 29.0 Å². The van der Waals surface area contributed by atoms with E-state index in [4.69, 9.17) is 4.74 Å². The summed E-state index contributed by atoms with van der Waals surface area (Å²) in [7, 11) is 1.58. The molecule has 2 N–H and O–H groups in total. The number of hydrogen-bond acceptors (Lipinski definition) is 4. The highest BCUT2D eigenvalue weighted by Gasteiger charge is 2.34. The Bertz CT molecular complexity index is 733. The van der Waals surface area contributed by atoms with E-state index < -0.39 is 6.04 Å². The fourth-order valence-corrected chi connectivity index (χ4v) is 3.53. The quantitative estimate of drug-likeness (QED) is 0.862. The molecule has 1 fully saturated rings. The largest absolute Gasteiger partial charge is 0.497 e. The zero-order chi connectivity index (χ0) is 17.6. The monoisotopic (exact) mass is 359 g/mol. The third-order valence-electron chi connectivity index (χ3n) is 4.15. The van der Waals surface area contributed by atoms with Crippen molar-refractivity contribution in [1.82, 2.24) is 10.2 Å². The van der Waals surface area contributed by atoms with Gasteiger partial charge < -0.3 is 20.3 Å². The van der Waals surface area contributed by atoms with E-state index in [1.54, 1.807) is 35.5 Å². The van der Waals surface area contributed by atoms with Crippen LogP contribution in [0.15, 0.2) is 41.8 Å². The van der Waals surface area contributed by atoms with Gasteiger partial charge in [0.05, 0.1) is 13.7 Å². The van der Waals surface area contributed by atoms with Crippen molar-refractivity contribution in [3.63, 3.8) is 0 Å². The summed E-state index contributed by atoms with van der Waals surface area (Å²) in [5.74, 6) is 0.566. The van der Waals surface area contributed by atoms with Gasteiger partial charge in [0, 0.05) is 23.2 Å². The SMILES string of the molecule is COc1cccc(NC(=O)N2CCC[C@@H]2C(=O)NCc2cccs2)c1. The molecule has 1 saturated heterocycles. The van der Waals surface area contributed by atoms with E-state index in [1.807, 2.05) is 29.6 Å². The van der Waals surface area contributed by atoms with Gasteiger partial charge in [-0.15, -0.1) is 11.3 Å². The molecule has 3 rings (SSSR count). The van der Waals surface area contributed by atoms with Crippen LogP contribution >= 0.6 is 11.3 Å².